The van der Waals surface area contributed by atoms with Crippen LogP contribution in [-0.4, -0.2) is 12.6 Å². The molecule has 0 N–H and O–H groups in total. The molecule has 0 saturated carbocycles. The second-order valence-corrected chi connectivity index (χ2v) is 3.79. The summed E-state index contributed by atoms with van der Waals surface area (Å²) >= 11 is 0. The van der Waals surface area contributed by atoms with Gasteiger partial charge in [-0.3, -0.25) is 4.79 Å². The predicted molar refractivity (Wildman–Crippen MR) is 45.5 cm³/mol. The van der Waals surface area contributed by atoms with E-state index < -0.39 is 0 Å². The van der Waals surface area contributed by atoms with Crippen molar-refractivity contribution in [1.82, 2.24) is 0 Å². The third-order valence-corrected chi connectivity index (χ3v) is 2.93. The molecule has 2 aliphatic rings. The van der Waals surface area contributed by atoms with Gasteiger partial charge in [-0.2, -0.15) is 0 Å². The lowest BCUT2D eigenvalue weighted by atomic mass is 9.74. The van der Waals surface area contributed by atoms with Gasteiger partial charge in [-0.05, 0) is 24.7 Å². The molecule has 0 unspecified atom stereocenters. The Hall–Kier alpha value is -0.790. The Balaban J connectivity index is 2.21. The number of esters is 1. The molecule has 2 heteroatoms. The van der Waals surface area contributed by atoms with Gasteiger partial charge in [0.15, 0.2) is 0 Å². The highest BCUT2D eigenvalue weighted by Crippen LogP contribution is 2.35. The summed E-state index contributed by atoms with van der Waals surface area (Å²) < 4.78 is 5.04. The Morgan fingerprint density at radius 3 is 3.17 bits per heavy atom. The van der Waals surface area contributed by atoms with Gasteiger partial charge in [-0.15, -0.1) is 0 Å². The van der Waals surface area contributed by atoms with Gasteiger partial charge in [0.05, 0.1) is 12.5 Å². The molecule has 0 aromatic rings. The Kier molecular flexibility index (Phi) is 1.91. The van der Waals surface area contributed by atoms with Gasteiger partial charge < -0.3 is 4.74 Å². The van der Waals surface area contributed by atoms with Gasteiger partial charge in [0, 0.05) is 0 Å². The highest BCUT2D eigenvalue weighted by molar-refractivity contribution is 5.74. The molecule has 1 aliphatic heterocycles. The Bertz CT molecular complexity index is 220. The van der Waals surface area contributed by atoms with E-state index in [1.807, 2.05) is 0 Å². The lowest BCUT2D eigenvalue weighted by Crippen LogP contribution is -2.37. The standard InChI is InChI=1S/C10H14O2/c1-7-3-2-4-8-5-6-12-10(11)9(7)8/h2,4,7-9H,3,5-6H2,1H3/t7-,8-,9-/m1/s1. The van der Waals surface area contributed by atoms with E-state index in [0.717, 1.165) is 12.8 Å². The number of hydrogen-bond donors (Lipinski definition) is 0. The van der Waals surface area contributed by atoms with Crippen molar-refractivity contribution in [3.8, 4) is 0 Å². The molecule has 1 heterocycles. The normalized spacial score (nSPS) is 40.4. The van der Waals surface area contributed by atoms with Gasteiger partial charge in [-0.25, -0.2) is 0 Å². The van der Waals surface area contributed by atoms with Crippen molar-refractivity contribution in [3.63, 3.8) is 0 Å². The summed E-state index contributed by atoms with van der Waals surface area (Å²) in [6.45, 7) is 2.74. The van der Waals surface area contributed by atoms with Crippen LogP contribution in [0.3, 0.4) is 0 Å². The van der Waals surface area contributed by atoms with Crippen molar-refractivity contribution in [2.75, 3.05) is 6.61 Å². The van der Waals surface area contributed by atoms with E-state index in [4.69, 9.17) is 4.74 Å². The molecule has 2 nitrogen and oxygen atoms in total. The molecule has 66 valence electrons. The average Bonchev–Trinajstić information content (AvgIpc) is 2.04. The smallest absolute Gasteiger partial charge is 0.309 e. The molecule has 1 saturated heterocycles. The van der Waals surface area contributed by atoms with Crippen LogP contribution in [0.2, 0.25) is 0 Å². The minimum Gasteiger partial charge on any atom is -0.465 e. The summed E-state index contributed by atoms with van der Waals surface area (Å²) in [5, 5.41) is 0. The van der Waals surface area contributed by atoms with Crippen LogP contribution in [0.1, 0.15) is 19.8 Å². The van der Waals surface area contributed by atoms with Gasteiger partial charge in [-0.1, -0.05) is 19.1 Å². The third-order valence-electron chi connectivity index (χ3n) is 2.93. The SMILES string of the molecule is C[C@@H]1CC=C[C@@H]2CCOC(=O)[C@H]12. The second-order valence-electron chi connectivity index (χ2n) is 3.79. The Morgan fingerprint density at radius 1 is 1.58 bits per heavy atom. The molecule has 12 heavy (non-hydrogen) atoms. The summed E-state index contributed by atoms with van der Waals surface area (Å²) in [4.78, 5) is 11.4. The summed E-state index contributed by atoms with van der Waals surface area (Å²) in [6.07, 6.45) is 6.42. The van der Waals surface area contributed by atoms with Crippen molar-refractivity contribution >= 4 is 5.97 Å². The molecule has 0 radical (unpaired) electrons. The number of rotatable bonds is 0. The van der Waals surface area contributed by atoms with Crippen molar-refractivity contribution in [2.24, 2.45) is 17.8 Å². The molecule has 0 aromatic heterocycles. The van der Waals surface area contributed by atoms with E-state index in [0.29, 0.717) is 18.4 Å². The van der Waals surface area contributed by atoms with Crippen LogP contribution in [0.5, 0.6) is 0 Å². The summed E-state index contributed by atoms with van der Waals surface area (Å²) in [7, 11) is 0. The topological polar surface area (TPSA) is 26.3 Å². The molecular formula is C10H14O2. The molecule has 3 atom stereocenters. The highest BCUT2D eigenvalue weighted by atomic mass is 16.5. The van der Waals surface area contributed by atoms with Gasteiger partial charge in [0.1, 0.15) is 0 Å². The van der Waals surface area contributed by atoms with Gasteiger partial charge in [0.2, 0.25) is 0 Å². The van der Waals surface area contributed by atoms with Gasteiger partial charge in [0.25, 0.3) is 0 Å². The number of cyclic esters (lactones) is 1. The molecule has 2 rings (SSSR count). The van der Waals surface area contributed by atoms with E-state index in [1.54, 1.807) is 0 Å². The summed E-state index contributed by atoms with van der Waals surface area (Å²) in [5.74, 6) is 1.08. The van der Waals surface area contributed by atoms with Crippen LogP contribution in [0.15, 0.2) is 12.2 Å². The zero-order chi connectivity index (χ0) is 8.55. The second kappa shape index (κ2) is 2.92. The first-order chi connectivity index (χ1) is 5.79. The number of ether oxygens (including phenoxy) is 1. The minimum atomic E-state index is 0.0168. The van der Waals surface area contributed by atoms with Crippen LogP contribution in [0.4, 0.5) is 0 Å². The molecular weight excluding hydrogens is 152 g/mol. The molecule has 0 amide bonds. The molecule has 0 spiro atoms. The van der Waals surface area contributed by atoms with E-state index in [-0.39, 0.29) is 11.9 Å². The fourth-order valence-electron chi connectivity index (χ4n) is 2.23. The third kappa shape index (κ3) is 1.15. The summed E-state index contributed by atoms with van der Waals surface area (Å²) in [5.41, 5.74) is 0. The Labute approximate surface area is 72.6 Å². The average molecular weight is 166 g/mol. The highest BCUT2D eigenvalue weighted by Gasteiger charge is 2.37. The number of carbonyl (C=O) groups is 1. The van der Waals surface area contributed by atoms with Crippen LogP contribution >= 0.6 is 0 Å². The van der Waals surface area contributed by atoms with Crippen molar-refractivity contribution in [2.45, 2.75) is 19.8 Å². The van der Waals surface area contributed by atoms with Gasteiger partial charge >= 0.3 is 5.97 Å². The first-order valence-electron chi connectivity index (χ1n) is 4.62. The van der Waals surface area contributed by atoms with Crippen LogP contribution in [0, 0.1) is 17.8 Å². The maximum absolute atomic E-state index is 11.4. The van der Waals surface area contributed by atoms with Crippen molar-refractivity contribution in [1.29, 1.82) is 0 Å². The molecule has 1 fully saturated rings. The first-order valence-corrected chi connectivity index (χ1v) is 4.62. The molecule has 0 bridgehead atoms. The maximum Gasteiger partial charge on any atom is 0.309 e. The number of allylic oxidation sites excluding steroid dienone is 2. The fourth-order valence-corrected chi connectivity index (χ4v) is 2.23. The summed E-state index contributed by atoms with van der Waals surface area (Å²) in [6, 6.07) is 0. The first kappa shape index (κ1) is 7.84. The lowest BCUT2D eigenvalue weighted by molar-refractivity contribution is -0.158. The lowest BCUT2D eigenvalue weighted by Gasteiger charge is -2.34. The van der Waals surface area contributed by atoms with E-state index in [9.17, 15) is 4.79 Å². The molecule has 0 aromatic carbocycles. The van der Waals surface area contributed by atoms with E-state index >= 15 is 0 Å². The van der Waals surface area contributed by atoms with E-state index in [1.165, 1.54) is 0 Å². The van der Waals surface area contributed by atoms with E-state index in [2.05, 4.69) is 19.1 Å². The monoisotopic (exact) mass is 166 g/mol. The number of fused-ring (bicyclic) bond motifs is 1. The van der Waals surface area contributed by atoms with Crippen LogP contribution < -0.4 is 0 Å². The zero-order valence-corrected chi connectivity index (χ0v) is 7.32. The molecule has 1 aliphatic carbocycles. The van der Waals surface area contributed by atoms with Crippen LogP contribution in [0.25, 0.3) is 0 Å². The minimum absolute atomic E-state index is 0.0168. The number of carbonyl (C=O) groups excluding carboxylic acids is 1. The maximum atomic E-state index is 11.4. The fraction of sp³-hybridized carbons (Fsp3) is 0.700. The Morgan fingerprint density at radius 2 is 2.42 bits per heavy atom. The van der Waals surface area contributed by atoms with Crippen molar-refractivity contribution in [3.05, 3.63) is 12.2 Å². The predicted octanol–water partition coefficient (Wildman–Crippen LogP) is 1.76. The van der Waals surface area contributed by atoms with Crippen LogP contribution in [-0.2, 0) is 9.53 Å². The number of hydrogen-bond acceptors (Lipinski definition) is 2. The zero-order valence-electron chi connectivity index (χ0n) is 7.32. The van der Waals surface area contributed by atoms with Crippen molar-refractivity contribution < 1.29 is 9.53 Å². The quantitative estimate of drug-likeness (QED) is 0.405. The largest absolute Gasteiger partial charge is 0.465 e.